The van der Waals surface area contributed by atoms with Gasteiger partial charge in [0.05, 0.1) is 21.3 Å². The van der Waals surface area contributed by atoms with Crippen LogP contribution in [0.3, 0.4) is 0 Å². The number of aryl methyl sites for hydroxylation is 1. The normalized spacial score (nSPS) is 10.8. The molecule has 0 aliphatic heterocycles. The lowest BCUT2D eigenvalue weighted by atomic mass is 10.0. The molecule has 0 saturated carbocycles. The van der Waals surface area contributed by atoms with E-state index in [4.69, 9.17) is 23.2 Å². The van der Waals surface area contributed by atoms with Gasteiger partial charge in [0.15, 0.2) is 17.4 Å². The standard InChI is InChI=1S/C20H15Cl2FN2O2/c1-2-15-11(4-3-7-24-15)9-17(26)16-8-12(10-25-16)20(27)18-13(21)5-6-14(22)19(18)23/h3-8,10,25H,2,9H2,1H3. The highest BCUT2D eigenvalue weighted by Gasteiger charge is 2.22. The number of rotatable bonds is 6. The average molecular weight is 405 g/mol. The van der Waals surface area contributed by atoms with Gasteiger partial charge in [0.25, 0.3) is 0 Å². The maximum atomic E-state index is 14.2. The van der Waals surface area contributed by atoms with Crippen LogP contribution in [0.4, 0.5) is 4.39 Å². The Morgan fingerprint density at radius 2 is 1.93 bits per heavy atom. The van der Waals surface area contributed by atoms with Crippen LogP contribution in [0.25, 0.3) is 0 Å². The van der Waals surface area contributed by atoms with Crippen molar-refractivity contribution in [2.45, 2.75) is 19.8 Å². The lowest BCUT2D eigenvalue weighted by Crippen LogP contribution is -2.07. The van der Waals surface area contributed by atoms with Crippen molar-refractivity contribution in [2.75, 3.05) is 0 Å². The summed E-state index contributed by atoms with van der Waals surface area (Å²) >= 11 is 11.7. The van der Waals surface area contributed by atoms with Gasteiger partial charge in [-0.2, -0.15) is 0 Å². The van der Waals surface area contributed by atoms with Crippen LogP contribution in [0.1, 0.15) is 44.6 Å². The quantitative estimate of drug-likeness (QED) is 0.460. The molecule has 0 unspecified atom stereocenters. The number of H-pyrrole nitrogens is 1. The second-order valence-corrected chi connectivity index (χ2v) is 6.73. The van der Waals surface area contributed by atoms with E-state index in [1.54, 1.807) is 12.3 Å². The van der Waals surface area contributed by atoms with Crippen LogP contribution in [0.2, 0.25) is 10.0 Å². The molecule has 1 N–H and O–H groups in total. The number of ketones is 2. The first-order chi connectivity index (χ1) is 12.9. The summed E-state index contributed by atoms with van der Waals surface area (Å²) in [6, 6.07) is 7.65. The first kappa shape index (κ1) is 19.3. The van der Waals surface area contributed by atoms with Crippen molar-refractivity contribution >= 4 is 34.8 Å². The molecule has 7 heteroatoms. The summed E-state index contributed by atoms with van der Waals surface area (Å²) in [5.41, 5.74) is 1.74. The van der Waals surface area contributed by atoms with Gasteiger partial charge in [0, 0.05) is 30.1 Å². The number of aromatic amines is 1. The van der Waals surface area contributed by atoms with Gasteiger partial charge in [-0.05, 0) is 36.2 Å². The van der Waals surface area contributed by atoms with Crippen molar-refractivity contribution in [3.05, 3.63) is 86.7 Å². The van der Waals surface area contributed by atoms with E-state index in [9.17, 15) is 14.0 Å². The predicted molar refractivity (Wildman–Crippen MR) is 102 cm³/mol. The van der Waals surface area contributed by atoms with E-state index in [2.05, 4.69) is 9.97 Å². The largest absolute Gasteiger partial charge is 0.358 e. The van der Waals surface area contributed by atoms with Crippen LogP contribution in [-0.2, 0) is 12.8 Å². The minimum Gasteiger partial charge on any atom is -0.358 e. The minimum absolute atomic E-state index is 0.0427. The van der Waals surface area contributed by atoms with Gasteiger partial charge in [-0.1, -0.05) is 36.2 Å². The average Bonchev–Trinajstić information content (AvgIpc) is 3.16. The van der Waals surface area contributed by atoms with E-state index < -0.39 is 11.6 Å². The van der Waals surface area contributed by atoms with Crippen LogP contribution < -0.4 is 0 Å². The third-order valence-corrected chi connectivity index (χ3v) is 4.79. The SMILES string of the molecule is CCc1ncccc1CC(=O)c1cc(C(=O)c2c(Cl)ccc(Cl)c2F)c[nH]1. The van der Waals surface area contributed by atoms with E-state index in [-0.39, 0.29) is 39.1 Å². The molecule has 4 nitrogen and oxygen atoms in total. The molecule has 0 fully saturated rings. The lowest BCUT2D eigenvalue weighted by Gasteiger charge is -2.05. The van der Waals surface area contributed by atoms with Gasteiger partial charge in [-0.3, -0.25) is 14.6 Å². The number of pyridine rings is 1. The van der Waals surface area contributed by atoms with Gasteiger partial charge in [-0.25, -0.2) is 4.39 Å². The molecule has 2 aromatic heterocycles. The molecule has 1 aromatic carbocycles. The monoisotopic (exact) mass is 404 g/mol. The number of hydrogen-bond donors (Lipinski definition) is 1. The molecule has 0 aliphatic rings. The molecule has 0 bridgehead atoms. The number of halogens is 3. The molecule has 138 valence electrons. The van der Waals surface area contributed by atoms with Crippen molar-refractivity contribution in [3.8, 4) is 0 Å². The molecular weight excluding hydrogens is 390 g/mol. The number of carbonyl (C=O) groups excluding carboxylic acids is 2. The third kappa shape index (κ3) is 3.94. The molecule has 3 rings (SSSR count). The zero-order valence-electron chi connectivity index (χ0n) is 14.4. The van der Waals surface area contributed by atoms with E-state index in [1.807, 2.05) is 13.0 Å². The summed E-state index contributed by atoms with van der Waals surface area (Å²) in [7, 11) is 0. The molecular formula is C20H15Cl2FN2O2. The minimum atomic E-state index is -0.883. The smallest absolute Gasteiger partial charge is 0.199 e. The van der Waals surface area contributed by atoms with Crippen LogP contribution >= 0.6 is 23.2 Å². The molecule has 0 spiro atoms. The van der Waals surface area contributed by atoms with Gasteiger partial charge >= 0.3 is 0 Å². The first-order valence-corrected chi connectivity index (χ1v) is 9.00. The van der Waals surface area contributed by atoms with Gasteiger partial charge in [0.1, 0.15) is 0 Å². The molecule has 27 heavy (non-hydrogen) atoms. The number of carbonyl (C=O) groups is 2. The Hall–Kier alpha value is -2.50. The molecule has 3 aromatic rings. The summed E-state index contributed by atoms with van der Waals surface area (Å²) < 4.78 is 14.2. The number of nitrogens with one attached hydrogen (secondary N) is 1. The summed E-state index contributed by atoms with van der Waals surface area (Å²) in [4.78, 5) is 32.2. The highest BCUT2D eigenvalue weighted by atomic mass is 35.5. The van der Waals surface area contributed by atoms with Crippen molar-refractivity contribution < 1.29 is 14.0 Å². The maximum Gasteiger partial charge on any atom is 0.199 e. The van der Waals surface area contributed by atoms with E-state index >= 15 is 0 Å². The van der Waals surface area contributed by atoms with Crippen molar-refractivity contribution in [2.24, 2.45) is 0 Å². The Balaban J connectivity index is 1.86. The van der Waals surface area contributed by atoms with Crippen LogP contribution in [0.15, 0.2) is 42.7 Å². The molecule has 0 atom stereocenters. The summed E-state index contributed by atoms with van der Waals surface area (Å²) in [5.74, 6) is -1.73. The van der Waals surface area contributed by atoms with Crippen LogP contribution in [0, 0.1) is 5.82 Å². The van der Waals surface area contributed by atoms with Gasteiger partial charge < -0.3 is 4.98 Å². The topological polar surface area (TPSA) is 62.8 Å². The summed E-state index contributed by atoms with van der Waals surface area (Å²) in [6.07, 6.45) is 3.90. The van der Waals surface area contributed by atoms with Crippen LogP contribution in [0.5, 0.6) is 0 Å². The second-order valence-electron chi connectivity index (χ2n) is 5.91. The summed E-state index contributed by atoms with van der Waals surface area (Å²) in [5, 5.41) is -0.239. The second kappa shape index (κ2) is 8.03. The maximum absolute atomic E-state index is 14.2. The van der Waals surface area contributed by atoms with E-state index in [1.165, 1.54) is 24.4 Å². The van der Waals surface area contributed by atoms with Gasteiger partial charge in [0.2, 0.25) is 0 Å². The first-order valence-electron chi connectivity index (χ1n) is 8.25. The Morgan fingerprint density at radius 3 is 2.67 bits per heavy atom. The Labute approximate surface area is 165 Å². The fourth-order valence-corrected chi connectivity index (χ4v) is 3.17. The number of Topliss-reactive ketones (excluding diaryl/α,β-unsaturated/α-hetero) is 1. The van der Waals surface area contributed by atoms with Crippen molar-refractivity contribution in [1.82, 2.24) is 9.97 Å². The summed E-state index contributed by atoms with van der Waals surface area (Å²) in [6.45, 7) is 1.96. The number of nitrogens with zero attached hydrogens (tertiary/aromatic N) is 1. The van der Waals surface area contributed by atoms with Crippen LogP contribution in [-0.4, -0.2) is 21.5 Å². The number of hydrogen-bond acceptors (Lipinski definition) is 3. The Bertz CT molecular complexity index is 1030. The number of aromatic nitrogens is 2. The number of benzene rings is 1. The fraction of sp³-hybridized carbons (Fsp3) is 0.150. The zero-order valence-corrected chi connectivity index (χ0v) is 15.9. The van der Waals surface area contributed by atoms with E-state index in [0.29, 0.717) is 6.42 Å². The van der Waals surface area contributed by atoms with Gasteiger partial charge in [-0.15, -0.1) is 0 Å². The zero-order chi connectivity index (χ0) is 19.6. The predicted octanol–water partition coefficient (Wildman–Crippen LogP) is 5.07. The third-order valence-electron chi connectivity index (χ3n) is 4.19. The Morgan fingerprint density at radius 1 is 1.19 bits per heavy atom. The molecule has 0 saturated heterocycles. The molecule has 0 aliphatic carbocycles. The lowest BCUT2D eigenvalue weighted by molar-refractivity contribution is 0.0988. The highest BCUT2D eigenvalue weighted by Crippen LogP contribution is 2.28. The van der Waals surface area contributed by atoms with Crippen molar-refractivity contribution in [3.63, 3.8) is 0 Å². The van der Waals surface area contributed by atoms with Crippen molar-refractivity contribution in [1.29, 1.82) is 0 Å². The Kier molecular flexibility index (Phi) is 5.73. The molecule has 0 amide bonds. The highest BCUT2D eigenvalue weighted by molar-refractivity contribution is 6.37. The van der Waals surface area contributed by atoms with E-state index in [0.717, 1.165) is 11.3 Å². The molecule has 2 heterocycles. The molecule has 0 radical (unpaired) electrons. The fourth-order valence-electron chi connectivity index (χ4n) is 2.78.